The van der Waals surface area contributed by atoms with Crippen molar-refractivity contribution in [1.82, 2.24) is 14.5 Å². The minimum absolute atomic E-state index is 0.700. The van der Waals surface area contributed by atoms with E-state index in [1.165, 1.54) is 22.8 Å². The number of likely N-dealkylation sites (N-methyl/N-ethyl adjacent to an activating group) is 1. The van der Waals surface area contributed by atoms with Crippen molar-refractivity contribution in [3.63, 3.8) is 0 Å². The summed E-state index contributed by atoms with van der Waals surface area (Å²) in [6.45, 7) is 3.69. The van der Waals surface area contributed by atoms with E-state index in [9.17, 15) is 0 Å². The zero-order valence-corrected chi connectivity index (χ0v) is 12.3. The molecule has 1 aromatic carbocycles. The summed E-state index contributed by atoms with van der Waals surface area (Å²) >= 11 is 7.34. The molecular formula is C13H15ClN4S. The molecule has 0 radical (unpaired) electrons. The fourth-order valence-electron chi connectivity index (χ4n) is 2.39. The zero-order valence-electron chi connectivity index (χ0n) is 10.7. The average molecular weight is 295 g/mol. The minimum atomic E-state index is 0.700. The van der Waals surface area contributed by atoms with Crippen molar-refractivity contribution in [2.45, 2.75) is 13.1 Å². The van der Waals surface area contributed by atoms with Crippen LogP contribution in [0.1, 0.15) is 11.3 Å². The number of anilines is 1. The first kappa shape index (κ1) is 12.8. The molecule has 6 heteroatoms. The van der Waals surface area contributed by atoms with E-state index in [0.717, 1.165) is 31.9 Å². The van der Waals surface area contributed by atoms with Crippen LogP contribution in [-0.4, -0.2) is 34.6 Å². The fourth-order valence-corrected chi connectivity index (χ4v) is 3.00. The molecule has 2 heterocycles. The third-order valence-corrected chi connectivity index (χ3v) is 4.42. The summed E-state index contributed by atoms with van der Waals surface area (Å²) in [5.41, 5.74) is 3.54. The maximum atomic E-state index is 6.09. The van der Waals surface area contributed by atoms with Crippen LogP contribution in [0.5, 0.6) is 0 Å². The van der Waals surface area contributed by atoms with E-state index < -0.39 is 0 Å². The van der Waals surface area contributed by atoms with Crippen molar-refractivity contribution in [3.05, 3.63) is 39.9 Å². The molecule has 0 atom stereocenters. The molecule has 0 spiro atoms. The maximum absolute atomic E-state index is 6.09. The Bertz CT molecular complexity index is 571. The third-order valence-electron chi connectivity index (χ3n) is 3.43. The van der Waals surface area contributed by atoms with Crippen LogP contribution in [-0.2, 0) is 13.1 Å². The predicted octanol–water partition coefficient (Wildman–Crippen LogP) is 2.64. The number of aromatic nitrogens is 2. The maximum Gasteiger partial charge on any atom is 0.138 e. The molecule has 2 aromatic rings. The highest BCUT2D eigenvalue weighted by Gasteiger charge is 2.19. The molecule has 0 fully saturated rings. The molecule has 0 unspecified atom stereocenters. The molecule has 4 nitrogen and oxygen atoms in total. The number of rotatable bonds is 2. The van der Waals surface area contributed by atoms with Crippen LogP contribution >= 0.6 is 23.1 Å². The average Bonchev–Trinajstić information content (AvgIpc) is 2.74. The minimum Gasteiger partial charge on any atom is -0.373 e. The Morgan fingerprint density at radius 3 is 2.95 bits per heavy atom. The van der Waals surface area contributed by atoms with Crippen molar-refractivity contribution in [3.8, 4) is 0 Å². The molecule has 0 saturated carbocycles. The SMILES string of the molecule is CN1CCN(Cc2nnsc2Cl)Cc2ccccc21. The molecule has 1 aliphatic heterocycles. The Hall–Kier alpha value is -1.17. The lowest BCUT2D eigenvalue weighted by Crippen LogP contribution is -2.29. The lowest BCUT2D eigenvalue weighted by Gasteiger charge is -2.19. The topological polar surface area (TPSA) is 32.3 Å². The standard InChI is InChI=1S/C13H15ClN4S/c1-17-6-7-18(9-11-13(14)19-16-15-11)8-10-4-2-3-5-12(10)17/h2-5H,6-9H2,1H3. The second kappa shape index (κ2) is 5.45. The van der Waals surface area contributed by atoms with Crippen LogP contribution < -0.4 is 4.90 Å². The molecule has 0 N–H and O–H groups in total. The summed E-state index contributed by atoms with van der Waals surface area (Å²) in [7, 11) is 2.14. The van der Waals surface area contributed by atoms with E-state index in [1.54, 1.807) is 0 Å². The molecule has 0 saturated heterocycles. The van der Waals surface area contributed by atoms with Gasteiger partial charge in [0.25, 0.3) is 0 Å². The lowest BCUT2D eigenvalue weighted by molar-refractivity contribution is 0.266. The van der Waals surface area contributed by atoms with Gasteiger partial charge in [-0.05, 0) is 11.6 Å². The highest BCUT2D eigenvalue weighted by Crippen LogP contribution is 2.25. The number of hydrogen-bond donors (Lipinski definition) is 0. The second-order valence-corrected chi connectivity index (χ2v) is 6.11. The summed E-state index contributed by atoms with van der Waals surface area (Å²) in [6.07, 6.45) is 0. The van der Waals surface area contributed by atoms with Gasteiger partial charge in [0.15, 0.2) is 0 Å². The van der Waals surface area contributed by atoms with Gasteiger partial charge in [0.2, 0.25) is 0 Å². The van der Waals surface area contributed by atoms with Crippen LogP contribution in [0.15, 0.2) is 24.3 Å². The molecule has 1 aliphatic rings. The molecule has 0 bridgehead atoms. The van der Waals surface area contributed by atoms with Gasteiger partial charge < -0.3 is 4.90 Å². The second-order valence-electron chi connectivity index (χ2n) is 4.75. The Labute approximate surface area is 121 Å². The fraction of sp³-hybridized carbons (Fsp3) is 0.385. The van der Waals surface area contributed by atoms with Gasteiger partial charge in [-0.1, -0.05) is 34.3 Å². The Morgan fingerprint density at radius 2 is 2.16 bits per heavy atom. The Morgan fingerprint density at radius 1 is 1.32 bits per heavy atom. The number of benzene rings is 1. The first-order chi connectivity index (χ1) is 9.24. The Kier molecular flexibility index (Phi) is 3.68. The predicted molar refractivity (Wildman–Crippen MR) is 78.7 cm³/mol. The van der Waals surface area contributed by atoms with E-state index in [-0.39, 0.29) is 0 Å². The van der Waals surface area contributed by atoms with E-state index in [2.05, 4.69) is 50.7 Å². The highest BCUT2D eigenvalue weighted by atomic mass is 35.5. The van der Waals surface area contributed by atoms with Gasteiger partial charge in [0.05, 0.1) is 0 Å². The molecular weight excluding hydrogens is 280 g/mol. The smallest absolute Gasteiger partial charge is 0.138 e. The summed E-state index contributed by atoms with van der Waals surface area (Å²) in [6, 6.07) is 8.54. The number of fused-ring (bicyclic) bond motifs is 1. The van der Waals surface area contributed by atoms with Crippen molar-refractivity contribution < 1.29 is 0 Å². The van der Waals surface area contributed by atoms with Gasteiger partial charge in [-0.25, -0.2) is 0 Å². The molecule has 0 amide bonds. The number of nitrogens with zero attached hydrogens (tertiary/aromatic N) is 4. The molecule has 3 rings (SSSR count). The first-order valence-electron chi connectivity index (χ1n) is 6.22. The van der Waals surface area contributed by atoms with Gasteiger partial charge in [0, 0.05) is 50.4 Å². The van der Waals surface area contributed by atoms with Crippen LogP contribution in [0.25, 0.3) is 0 Å². The van der Waals surface area contributed by atoms with Crippen molar-refractivity contribution in [2.75, 3.05) is 25.0 Å². The van der Waals surface area contributed by atoms with Gasteiger partial charge in [-0.2, -0.15) is 0 Å². The van der Waals surface area contributed by atoms with Crippen LogP contribution in [0.2, 0.25) is 4.34 Å². The third kappa shape index (κ3) is 2.73. The van der Waals surface area contributed by atoms with Gasteiger partial charge >= 0.3 is 0 Å². The van der Waals surface area contributed by atoms with Gasteiger partial charge in [-0.3, -0.25) is 4.90 Å². The molecule has 0 aliphatic carbocycles. The van der Waals surface area contributed by atoms with Crippen molar-refractivity contribution in [1.29, 1.82) is 0 Å². The molecule has 100 valence electrons. The lowest BCUT2D eigenvalue weighted by atomic mass is 10.1. The normalized spacial score (nSPS) is 16.2. The van der Waals surface area contributed by atoms with E-state index in [4.69, 9.17) is 11.6 Å². The quantitative estimate of drug-likeness (QED) is 0.852. The van der Waals surface area contributed by atoms with Gasteiger partial charge in [0.1, 0.15) is 10.0 Å². The van der Waals surface area contributed by atoms with Crippen LogP contribution in [0, 0.1) is 0 Å². The van der Waals surface area contributed by atoms with E-state index >= 15 is 0 Å². The number of halogens is 1. The first-order valence-corrected chi connectivity index (χ1v) is 7.37. The summed E-state index contributed by atoms with van der Waals surface area (Å²) in [4.78, 5) is 4.67. The zero-order chi connectivity index (χ0) is 13.2. The highest BCUT2D eigenvalue weighted by molar-refractivity contribution is 7.10. The Balaban J connectivity index is 1.81. The van der Waals surface area contributed by atoms with Crippen LogP contribution in [0.4, 0.5) is 5.69 Å². The summed E-state index contributed by atoms with van der Waals surface area (Å²) in [5.74, 6) is 0. The van der Waals surface area contributed by atoms with Crippen molar-refractivity contribution in [2.24, 2.45) is 0 Å². The number of hydrogen-bond acceptors (Lipinski definition) is 5. The van der Waals surface area contributed by atoms with E-state index in [0.29, 0.717) is 4.34 Å². The summed E-state index contributed by atoms with van der Waals surface area (Å²) < 4.78 is 4.59. The van der Waals surface area contributed by atoms with E-state index in [1.807, 2.05) is 0 Å². The van der Waals surface area contributed by atoms with Gasteiger partial charge in [-0.15, -0.1) is 5.10 Å². The largest absolute Gasteiger partial charge is 0.373 e. The molecule has 1 aromatic heterocycles. The molecule has 19 heavy (non-hydrogen) atoms. The summed E-state index contributed by atoms with van der Waals surface area (Å²) in [5, 5.41) is 4.10. The van der Waals surface area contributed by atoms with Crippen molar-refractivity contribution >= 4 is 28.8 Å². The van der Waals surface area contributed by atoms with Crippen LogP contribution in [0.3, 0.4) is 0 Å². The number of para-hydroxylation sites is 1. The monoisotopic (exact) mass is 294 g/mol.